The molecule has 1 aromatic carbocycles. The van der Waals surface area contributed by atoms with Gasteiger partial charge in [-0.1, -0.05) is 39.0 Å². The van der Waals surface area contributed by atoms with Crippen molar-refractivity contribution in [2.75, 3.05) is 25.5 Å². The molecule has 0 fully saturated rings. The highest BCUT2D eigenvalue weighted by Crippen LogP contribution is 2.16. The highest BCUT2D eigenvalue weighted by molar-refractivity contribution is 5.91. The minimum absolute atomic E-state index is 0.0556. The van der Waals surface area contributed by atoms with Crippen LogP contribution in [0.1, 0.15) is 39.2 Å². The molecule has 0 bridgehead atoms. The summed E-state index contributed by atoms with van der Waals surface area (Å²) in [5.74, 6) is 0.0556. The SMILES string of the molecule is CN(CCCC(=O)Nc1ccccc1CN)CC(C)(C)C. The molecule has 1 amide bonds. The lowest BCUT2D eigenvalue weighted by Gasteiger charge is -2.26. The van der Waals surface area contributed by atoms with E-state index in [1.165, 1.54) is 0 Å². The standard InChI is InChI=1S/C17H29N3O/c1-17(2,3)13-20(4)11-7-10-16(21)19-15-9-6-5-8-14(15)12-18/h5-6,8-9H,7,10-13,18H2,1-4H3,(H,19,21). The van der Waals surface area contributed by atoms with Gasteiger partial charge in [-0.25, -0.2) is 0 Å². The molecule has 3 N–H and O–H groups in total. The van der Waals surface area contributed by atoms with Gasteiger partial charge in [0.15, 0.2) is 0 Å². The van der Waals surface area contributed by atoms with E-state index in [9.17, 15) is 4.79 Å². The Morgan fingerprint density at radius 1 is 1.29 bits per heavy atom. The lowest BCUT2D eigenvalue weighted by atomic mass is 9.96. The van der Waals surface area contributed by atoms with Gasteiger partial charge >= 0.3 is 0 Å². The quantitative estimate of drug-likeness (QED) is 0.812. The lowest BCUT2D eigenvalue weighted by Crippen LogP contribution is -2.30. The Balaban J connectivity index is 2.35. The molecule has 0 heterocycles. The number of carbonyl (C=O) groups excluding carboxylic acids is 1. The zero-order chi connectivity index (χ0) is 15.9. The van der Waals surface area contributed by atoms with Crippen LogP contribution < -0.4 is 11.1 Å². The number of amides is 1. The van der Waals surface area contributed by atoms with E-state index in [2.05, 4.69) is 38.0 Å². The monoisotopic (exact) mass is 291 g/mol. The van der Waals surface area contributed by atoms with Crippen LogP contribution >= 0.6 is 0 Å². The van der Waals surface area contributed by atoms with Crippen molar-refractivity contribution in [2.24, 2.45) is 11.1 Å². The first-order chi connectivity index (χ1) is 9.81. The van der Waals surface area contributed by atoms with Gasteiger partial charge in [-0.2, -0.15) is 0 Å². The van der Waals surface area contributed by atoms with E-state index < -0.39 is 0 Å². The molecule has 1 aromatic rings. The van der Waals surface area contributed by atoms with Crippen molar-refractivity contribution < 1.29 is 4.79 Å². The number of anilines is 1. The molecule has 0 saturated heterocycles. The van der Waals surface area contributed by atoms with Gasteiger partial charge < -0.3 is 16.0 Å². The van der Waals surface area contributed by atoms with E-state index in [1.54, 1.807) is 0 Å². The number of benzene rings is 1. The molecule has 4 heteroatoms. The zero-order valence-electron chi connectivity index (χ0n) is 13.8. The van der Waals surface area contributed by atoms with Crippen molar-refractivity contribution in [3.05, 3.63) is 29.8 Å². The van der Waals surface area contributed by atoms with E-state index in [0.717, 1.165) is 30.8 Å². The maximum Gasteiger partial charge on any atom is 0.224 e. The Hall–Kier alpha value is -1.39. The average Bonchev–Trinajstić information content (AvgIpc) is 2.37. The van der Waals surface area contributed by atoms with E-state index in [0.29, 0.717) is 13.0 Å². The summed E-state index contributed by atoms with van der Waals surface area (Å²) >= 11 is 0. The molecule has 4 nitrogen and oxygen atoms in total. The fraction of sp³-hybridized carbons (Fsp3) is 0.588. The average molecular weight is 291 g/mol. The van der Waals surface area contributed by atoms with E-state index in [4.69, 9.17) is 5.73 Å². The van der Waals surface area contributed by atoms with Crippen LogP contribution in [-0.4, -0.2) is 30.9 Å². The molecule has 0 aliphatic carbocycles. The predicted octanol–water partition coefficient (Wildman–Crippen LogP) is 2.84. The fourth-order valence-electron chi connectivity index (χ4n) is 2.43. The molecule has 0 aromatic heterocycles. The summed E-state index contributed by atoms with van der Waals surface area (Å²) in [5.41, 5.74) is 7.75. The lowest BCUT2D eigenvalue weighted by molar-refractivity contribution is -0.116. The number of carbonyl (C=O) groups is 1. The number of nitrogens with two attached hydrogens (primary N) is 1. The summed E-state index contributed by atoms with van der Waals surface area (Å²) in [7, 11) is 2.10. The van der Waals surface area contributed by atoms with Crippen LogP contribution in [0.4, 0.5) is 5.69 Å². The van der Waals surface area contributed by atoms with Gasteiger partial charge in [0.05, 0.1) is 0 Å². The van der Waals surface area contributed by atoms with Crippen LogP contribution in [0.3, 0.4) is 0 Å². The molecule has 0 aliphatic heterocycles. The van der Waals surface area contributed by atoms with Crippen LogP contribution in [0, 0.1) is 5.41 Å². The number of nitrogens with zero attached hydrogens (tertiary/aromatic N) is 1. The van der Waals surface area contributed by atoms with Crippen LogP contribution in [0.15, 0.2) is 24.3 Å². The minimum atomic E-state index is 0.0556. The molecule has 1 rings (SSSR count). The van der Waals surface area contributed by atoms with Gasteiger partial charge in [0.25, 0.3) is 0 Å². The van der Waals surface area contributed by atoms with Crippen molar-refractivity contribution in [3.63, 3.8) is 0 Å². The van der Waals surface area contributed by atoms with Crippen molar-refractivity contribution in [3.8, 4) is 0 Å². The van der Waals surface area contributed by atoms with Gasteiger partial charge in [-0.3, -0.25) is 4.79 Å². The second-order valence-corrected chi connectivity index (χ2v) is 6.81. The minimum Gasteiger partial charge on any atom is -0.326 e. The van der Waals surface area contributed by atoms with Gasteiger partial charge in [0.2, 0.25) is 5.91 Å². The molecule has 0 radical (unpaired) electrons. The third-order valence-electron chi connectivity index (χ3n) is 3.20. The Morgan fingerprint density at radius 2 is 1.95 bits per heavy atom. The first-order valence-electron chi connectivity index (χ1n) is 7.58. The van der Waals surface area contributed by atoms with Crippen molar-refractivity contribution in [1.29, 1.82) is 0 Å². The maximum atomic E-state index is 12.0. The second-order valence-electron chi connectivity index (χ2n) is 6.81. The predicted molar refractivity (Wildman–Crippen MR) is 89.1 cm³/mol. The Labute approximate surface area is 128 Å². The number of nitrogens with one attached hydrogen (secondary N) is 1. The highest BCUT2D eigenvalue weighted by Gasteiger charge is 2.13. The van der Waals surface area contributed by atoms with Crippen molar-refractivity contribution in [2.45, 2.75) is 40.2 Å². The third-order valence-corrected chi connectivity index (χ3v) is 3.20. The van der Waals surface area contributed by atoms with Crippen molar-refractivity contribution >= 4 is 11.6 Å². The Morgan fingerprint density at radius 3 is 2.57 bits per heavy atom. The van der Waals surface area contributed by atoms with Gasteiger partial charge in [0.1, 0.15) is 0 Å². The molecule has 118 valence electrons. The second kappa shape index (κ2) is 8.15. The molecule has 0 unspecified atom stereocenters. The Bertz CT molecular complexity index is 452. The van der Waals surface area contributed by atoms with Gasteiger partial charge in [-0.05, 0) is 37.1 Å². The third kappa shape index (κ3) is 7.25. The normalized spacial score (nSPS) is 11.7. The highest BCUT2D eigenvalue weighted by atomic mass is 16.1. The number of para-hydroxylation sites is 1. The molecule has 21 heavy (non-hydrogen) atoms. The van der Waals surface area contributed by atoms with E-state index in [-0.39, 0.29) is 11.3 Å². The zero-order valence-corrected chi connectivity index (χ0v) is 13.8. The van der Waals surface area contributed by atoms with Crippen LogP contribution in [0.2, 0.25) is 0 Å². The molecular formula is C17H29N3O. The van der Waals surface area contributed by atoms with Crippen LogP contribution in [0.5, 0.6) is 0 Å². The summed E-state index contributed by atoms with van der Waals surface area (Å²) < 4.78 is 0. The van der Waals surface area contributed by atoms with Crippen LogP contribution in [-0.2, 0) is 11.3 Å². The molecule has 0 aliphatic rings. The Kier molecular flexibility index (Phi) is 6.85. The molecule has 0 atom stereocenters. The fourth-order valence-corrected chi connectivity index (χ4v) is 2.43. The first kappa shape index (κ1) is 17.7. The smallest absolute Gasteiger partial charge is 0.224 e. The molecule has 0 saturated carbocycles. The summed E-state index contributed by atoms with van der Waals surface area (Å²) in [6.45, 7) is 9.07. The van der Waals surface area contributed by atoms with Gasteiger partial charge in [0, 0.05) is 25.2 Å². The van der Waals surface area contributed by atoms with Gasteiger partial charge in [-0.15, -0.1) is 0 Å². The molecular weight excluding hydrogens is 262 g/mol. The molecule has 0 spiro atoms. The number of hydrogen-bond donors (Lipinski definition) is 2. The summed E-state index contributed by atoms with van der Waals surface area (Å²) in [6, 6.07) is 7.67. The topological polar surface area (TPSA) is 58.4 Å². The van der Waals surface area contributed by atoms with Crippen molar-refractivity contribution in [1.82, 2.24) is 4.90 Å². The van der Waals surface area contributed by atoms with Crippen LogP contribution in [0.25, 0.3) is 0 Å². The first-order valence-corrected chi connectivity index (χ1v) is 7.58. The number of rotatable bonds is 7. The van der Waals surface area contributed by atoms with E-state index >= 15 is 0 Å². The largest absolute Gasteiger partial charge is 0.326 e. The van der Waals surface area contributed by atoms with E-state index in [1.807, 2.05) is 24.3 Å². The summed E-state index contributed by atoms with van der Waals surface area (Å²) in [6.07, 6.45) is 1.40. The maximum absolute atomic E-state index is 12.0. The number of hydrogen-bond acceptors (Lipinski definition) is 3. The summed E-state index contributed by atoms with van der Waals surface area (Å²) in [5, 5.41) is 2.95. The summed E-state index contributed by atoms with van der Waals surface area (Å²) in [4.78, 5) is 14.3.